The van der Waals surface area contributed by atoms with E-state index in [1.54, 1.807) is 11.8 Å². The van der Waals surface area contributed by atoms with Gasteiger partial charge in [0, 0.05) is 9.77 Å². The highest BCUT2D eigenvalue weighted by Gasteiger charge is 2.27. The average molecular weight is 333 g/mol. The molecule has 5 nitrogen and oxygen atoms in total. The molecule has 0 radical (unpaired) electrons. The number of fused-ring (bicyclic) bond motifs is 3. The highest BCUT2D eigenvalue weighted by atomic mass is 32.2. The van der Waals surface area contributed by atoms with Crippen LogP contribution in [0.3, 0.4) is 0 Å². The summed E-state index contributed by atoms with van der Waals surface area (Å²) in [6.45, 7) is 0. The van der Waals surface area contributed by atoms with Crippen LogP contribution in [-0.4, -0.2) is 18.2 Å². The summed E-state index contributed by atoms with van der Waals surface area (Å²) in [5.41, 5.74) is 14.3. The first kappa shape index (κ1) is 14.9. The molecule has 22 heavy (non-hydrogen) atoms. The third-order valence-electron chi connectivity index (χ3n) is 3.70. The van der Waals surface area contributed by atoms with E-state index in [2.05, 4.69) is 23.5 Å². The second-order valence-electron chi connectivity index (χ2n) is 4.99. The van der Waals surface area contributed by atoms with Crippen LogP contribution in [0.15, 0.2) is 23.1 Å². The van der Waals surface area contributed by atoms with Gasteiger partial charge in [0.2, 0.25) is 0 Å². The zero-order chi connectivity index (χ0) is 15.9. The van der Waals surface area contributed by atoms with E-state index in [-0.39, 0.29) is 0 Å². The normalized spacial score (nSPS) is 12.4. The maximum atomic E-state index is 11.8. The zero-order valence-electron chi connectivity index (χ0n) is 11.9. The van der Waals surface area contributed by atoms with Gasteiger partial charge in [-0.05, 0) is 47.9 Å². The largest absolute Gasteiger partial charge is 0.365 e. The number of urea groups is 1. The molecule has 0 fully saturated rings. The van der Waals surface area contributed by atoms with Crippen LogP contribution in [0, 0.1) is 0 Å². The molecule has 0 spiro atoms. The lowest BCUT2D eigenvalue weighted by atomic mass is 9.89. The van der Waals surface area contributed by atoms with Gasteiger partial charge in [0.25, 0.3) is 5.91 Å². The predicted molar refractivity (Wildman–Crippen MR) is 90.7 cm³/mol. The number of benzene rings is 1. The molecule has 0 bridgehead atoms. The second-order valence-corrected chi connectivity index (χ2v) is 6.89. The Balaban J connectivity index is 2.20. The van der Waals surface area contributed by atoms with Crippen LogP contribution in [0.2, 0.25) is 0 Å². The van der Waals surface area contributed by atoms with E-state index in [1.165, 1.54) is 16.9 Å². The van der Waals surface area contributed by atoms with Crippen molar-refractivity contribution in [3.63, 3.8) is 0 Å². The first-order valence-electron chi connectivity index (χ1n) is 6.70. The quantitative estimate of drug-likeness (QED) is 0.753. The minimum Gasteiger partial charge on any atom is -0.365 e. The summed E-state index contributed by atoms with van der Waals surface area (Å²) in [7, 11) is 0. The van der Waals surface area contributed by atoms with Crippen molar-refractivity contribution in [2.75, 3.05) is 11.6 Å². The fraction of sp³-hybridized carbons (Fsp3) is 0.200. The predicted octanol–water partition coefficient (Wildman–Crippen LogP) is 2.83. The lowest BCUT2D eigenvalue weighted by Gasteiger charge is -2.17. The van der Waals surface area contributed by atoms with Crippen LogP contribution >= 0.6 is 23.1 Å². The molecule has 1 aliphatic rings. The first-order valence-corrected chi connectivity index (χ1v) is 8.74. The molecular weight excluding hydrogens is 318 g/mol. The molecule has 0 saturated carbocycles. The molecule has 0 atom stereocenters. The number of nitrogens with two attached hydrogens (primary N) is 2. The first-order chi connectivity index (χ1) is 10.5. The van der Waals surface area contributed by atoms with Crippen molar-refractivity contribution in [3.05, 3.63) is 34.9 Å². The van der Waals surface area contributed by atoms with E-state index in [0.717, 1.165) is 33.7 Å². The molecule has 1 aromatic carbocycles. The molecule has 0 saturated heterocycles. The molecule has 3 amide bonds. The third-order valence-corrected chi connectivity index (χ3v) is 5.60. The number of hydrogen-bond donors (Lipinski definition) is 3. The van der Waals surface area contributed by atoms with Gasteiger partial charge < -0.3 is 11.5 Å². The molecule has 1 aliphatic carbocycles. The van der Waals surface area contributed by atoms with E-state index in [4.69, 9.17) is 11.5 Å². The van der Waals surface area contributed by atoms with Gasteiger partial charge in [0.1, 0.15) is 5.00 Å². The molecule has 0 unspecified atom stereocenters. The Morgan fingerprint density at radius 2 is 2.05 bits per heavy atom. The number of aryl methyl sites for hydroxylation is 1. The topological polar surface area (TPSA) is 98.2 Å². The number of thiophene rings is 1. The van der Waals surface area contributed by atoms with E-state index >= 15 is 0 Å². The van der Waals surface area contributed by atoms with Crippen LogP contribution < -0.4 is 16.8 Å². The fourth-order valence-corrected chi connectivity index (χ4v) is 4.50. The Morgan fingerprint density at radius 1 is 1.27 bits per heavy atom. The van der Waals surface area contributed by atoms with Crippen LogP contribution in [0.5, 0.6) is 0 Å². The standard InChI is InChI=1S/C15H15N3O2S2/c1-21-8-4-2-7-3-5-9-11(13(16)19)14(18-15(17)20)22-12(9)10(7)6-8/h2,4,6H,3,5H2,1H3,(H2,16,19)(H3,17,18,20). The lowest BCUT2D eigenvalue weighted by Crippen LogP contribution is -2.22. The number of primary amides is 2. The number of carbonyl (C=O) groups is 2. The molecule has 2 aromatic rings. The van der Waals surface area contributed by atoms with Crippen LogP contribution in [0.25, 0.3) is 10.4 Å². The number of nitrogens with one attached hydrogen (secondary N) is 1. The smallest absolute Gasteiger partial charge is 0.317 e. The second kappa shape index (κ2) is 5.66. The molecular formula is C15H15N3O2S2. The summed E-state index contributed by atoms with van der Waals surface area (Å²) in [5, 5.41) is 2.96. The lowest BCUT2D eigenvalue weighted by molar-refractivity contribution is 0.100. The summed E-state index contributed by atoms with van der Waals surface area (Å²) in [6, 6.07) is 5.64. The Morgan fingerprint density at radius 3 is 2.68 bits per heavy atom. The number of carbonyl (C=O) groups excluding carboxylic acids is 2. The van der Waals surface area contributed by atoms with Gasteiger partial charge in [-0.25, -0.2) is 4.79 Å². The SMILES string of the molecule is CSc1ccc2c(c1)-c1sc(NC(N)=O)c(C(N)=O)c1CC2. The van der Waals surface area contributed by atoms with Gasteiger partial charge >= 0.3 is 6.03 Å². The summed E-state index contributed by atoms with van der Waals surface area (Å²) < 4.78 is 0. The third kappa shape index (κ3) is 2.46. The Hall–Kier alpha value is -1.99. The molecule has 1 aromatic heterocycles. The highest BCUT2D eigenvalue weighted by Crippen LogP contribution is 2.45. The van der Waals surface area contributed by atoms with Crippen LogP contribution in [-0.2, 0) is 12.8 Å². The Bertz CT molecular complexity index is 783. The minimum absolute atomic E-state index is 0.388. The van der Waals surface area contributed by atoms with Crippen molar-refractivity contribution in [1.29, 1.82) is 0 Å². The summed E-state index contributed by atoms with van der Waals surface area (Å²) in [5.74, 6) is -0.536. The van der Waals surface area contributed by atoms with Crippen molar-refractivity contribution in [3.8, 4) is 10.4 Å². The highest BCUT2D eigenvalue weighted by molar-refractivity contribution is 7.98. The minimum atomic E-state index is -0.695. The fourth-order valence-electron chi connectivity index (χ4n) is 2.75. The maximum absolute atomic E-state index is 11.8. The van der Waals surface area contributed by atoms with E-state index in [0.29, 0.717) is 10.6 Å². The summed E-state index contributed by atoms with van der Waals surface area (Å²) in [6.07, 6.45) is 3.61. The van der Waals surface area contributed by atoms with Gasteiger partial charge in [0.05, 0.1) is 5.56 Å². The van der Waals surface area contributed by atoms with Crippen molar-refractivity contribution < 1.29 is 9.59 Å². The van der Waals surface area contributed by atoms with Gasteiger partial charge in [0.15, 0.2) is 0 Å². The molecule has 0 aliphatic heterocycles. The Kier molecular flexibility index (Phi) is 3.84. The van der Waals surface area contributed by atoms with Crippen molar-refractivity contribution in [1.82, 2.24) is 0 Å². The maximum Gasteiger partial charge on any atom is 0.317 e. The van der Waals surface area contributed by atoms with Crippen molar-refractivity contribution >= 4 is 40.0 Å². The average Bonchev–Trinajstić information content (AvgIpc) is 2.84. The molecule has 5 N–H and O–H groups in total. The monoisotopic (exact) mass is 333 g/mol. The summed E-state index contributed by atoms with van der Waals surface area (Å²) in [4.78, 5) is 25.1. The van der Waals surface area contributed by atoms with E-state index < -0.39 is 11.9 Å². The Labute approximate surface area is 136 Å². The zero-order valence-corrected chi connectivity index (χ0v) is 13.6. The van der Waals surface area contributed by atoms with Crippen molar-refractivity contribution in [2.24, 2.45) is 11.5 Å². The number of amides is 3. The van der Waals surface area contributed by atoms with E-state index in [1.807, 2.05) is 6.26 Å². The molecule has 3 rings (SSSR count). The number of hydrogen-bond acceptors (Lipinski definition) is 4. The summed E-state index contributed by atoms with van der Waals surface area (Å²) >= 11 is 3.03. The van der Waals surface area contributed by atoms with Gasteiger partial charge in [-0.15, -0.1) is 23.1 Å². The number of thioether (sulfide) groups is 1. The van der Waals surface area contributed by atoms with Gasteiger partial charge in [-0.2, -0.15) is 0 Å². The van der Waals surface area contributed by atoms with Gasteiger partial charge in [-0.1, -0.05) is 6.07 Å². The molecule has 1 heterocycles. The number of rotatable bonds is 3. The molecule has 7 heteroatoms. The van der Waals surface area contributed by atoms with Crippen LogP contribution in [0.1, 0.15) is 21.5 Å². The van der Waals surface area contributed by atoms with E-state index in [9.17, 15) is 9.59 Å². The van der Waals surface area contributed by atoms with Gasteiger partial charge in [-0.3, -0.25) is 10.1 Å². The number of anilines is 1. The molecule has 114 valence electrons. The van der Waals surface area contributed by atoms with Crippen LogP contribution in [0.4, 0.5) is 9.80 Å². The van der Waals surface area contributed by atoms with Crippen molar-refractivity contribution in [2.45, 2.75) is 17.7 Å².